The first-order valence-electron chi connectivity index (χ1n) is 3.39. The van der Waals surface area contributed by atoms with Crippen LogP contribution in [-0.4, -0.2) is 6.98 Å². The Morgan fingerprint density at radius 2 is 1.64 bits per heavy atom. The van der Waals surface area contributed by atoms with Gasteiger partial charge in [0.15, 0.2) is 0 Å². The largest absolute Gasteiger partial charge is 1.00 e. The summed E-state index contributed by atoms with van der Waals surface area (Å²) < 4.78 is 36.2. The molecule has 68 valence electrons. The molecule has 3 nitrogen and oxygen atoms in total. The molecule has 0 fully saturated rings. The number of hydrogen-bond donors (Lipinski definition) is 0. The van der Waals surface area contributed by atoms with Crippen LogP contribution in [0.4, 0.5) is 18.6 Å². The molecule has 0 aliphatic heterocycles. The monoisotopic (exact) mass is 225 g/mol. The number of benzene rings is 1. The molecule has 1 aromatic rings. The van der Waals surface area contributed by atoms with Crippen LogP contribution in [0.5, 0.6) is 0 Å². The Morgan fingerprint density at radius 3 is 2.00 bits per heavy atom. The summed E-state index contributed by atoms with van der Waals surface area (Å²) in [5.41, 5.74) is 7.46. The predicted octanol–water partition coefficient (Wildman–Crippen LogP) is -0.313. The molecule has 1 rings (SSSR count). The second-order valence-electron chi connectivity index (χ2n) is 2.36. The van der Waals surface area contributed by atoms with Crippen LogP contribution in [0.25, 0.3) is 10.4 Å². The second kappa shape index (κ2) is 5.79. The maximum Gasteiger partial charge on any atom is 1.00 e. The van der Waals surface area contributed by atoms with Gasteiger partial charge in [0, 0.05) is 10.6 Å². The van der Waals surface area contributed by atoms with Crippen LogP contribution in [0.2, 0.25) is 0 Å². The van der Waals surface area contributed by atoms with E-state index in [1.807, 2.05) is 0 Å². The molecule has 0 spiro atoms. The third-order valence-electron chi connectivity index (χ3n) is 1.43. The molecule has 0 amide bonds. The van der Waals surface area contributed by atoms with E-state index in [2.05, 4.69) is 10.0 Å². The summed E-state index contributed by atoms with van der Waals surface area (Å²) in [4.78, 5) is 2.45. The van der Waals surface area contributed by atoms with Crippen molar-refractivity contribution in [3.8, 4) is 0 Å². The van der Waals surface area contributed by atoms with Gasteiger partial charge in [-0.3, -0.25) is 0 Å². The Labute approximate surface area is 121 Å². The fourth-order valence-corrected chi connectivity index (χ4v) is 0.811. The van der Waals surface area contributed by atoms with Gasteiger partial charge in [-0.25, -0.2) is 0 Å². The third-order valence-corrected chi connectivity index (χ3v) is 1.43. The molecule has 0 aliphatic carbocycles. The van der Waals surface area contributed by atoms with Gasteiger partial charge in [-0.2, -0.15) is 0 Å². The molecule has 0 saturated heterocycles. The first-order chi connectivity index (χ1) is 6.04. The zero-order chi connectivity index (χ0) is 9.90. The molecule has 8 heteroatoms. The van der Waals surface area contributed by atoms with Gasteiger partial charge in [-0.15, -0.1) is 5.46 Å². The smallest absolute Gasteiger partial charge is 0.445 e. The van der Waals surface area contributed by atoms with Gasteiger partial charge >= 0.3 is 58.4 Å². The van der Waals surface area contributed by atoms with Crippen molar-refractivity contribution in [2.24, 2.45) is 5.11 Å². The van der Waals surface area contributed by atoms with E-state index in [0.29, 0.717) is 0 Å². The topological polar surface area (TPSA) is 48.8 Å². The molecule has 14 heavy (non-hydrogen) atoms. The van der Waals surface area contributed by atoms with E-state index in [9.17, 15) is 12.9 Å². The maximum atomic E-state index is 12.1. The van der Waals surface area contributed by atoms with Crippen LogP contribution in [0.3, 0.4) is 0 Å². The average Bonchev–Trinajstić information content (AvgIpc) is 2.04. The van der Waals surface area contributed by atoms with Gasteiger partial charge in [0.1, 0.15) is 0 Å². The van der Waals surface area contributed by atoms with Crippen molar-refractivity contribution < 1.29 is 64.3 Å². The molecule has 0 bridgehead atoms. The Morgan fingerprint density at radius 1 is 1.14 bits per heavy atom. The van der Waals surface area contributed by atoms with Crippen LogP contribution >= 0.6 is 0 Å². The van der Waals surface area contributed by atoms with Gasteiger partial charge in [-0.1, -0.05) is 29.4 Å². The summed E-state index contributed by atoms with van der Waals surface area (Å²) in [7, 11) is 0. The first-order valence-corrected chi connectivity index (χ1v) is 3.39. The summed E-state index contributed by atoms with van der Waals surface area (Å²) in [5.74, 6) is 0. The van der Waals surface area contributed by atoms with Crippen LogP contribution in [-0.2, 0) is 0 Å². The van der Waals surface area contributed by atoms with Crippen LogP contribution in [0.15, 0.2) is 29.4 Å². The van der Waals surface area contributed by atoms with E-state index in [1.165, 1.54) is 0 Å². The van der Waals surface area contributed by atoms with Crippen LogP contribution < -0.4 is 56.8 Å². The maximum absolute atomic E-state index is 12.1. The Hall–Kier alpha value is 0.0213. The normalized spacial score (nSPS) is 9.93. The van der Waals surface area contributed by atoms with Crippen molar-refractivity contribution in [2.45, 2.75) is 0 Å². The average molecular weight is 225 g/mol. The third kappa shape index (κ3) is 4.04. The number of rotatable bonds is 2. The fourth-order valence-electron chi connectivity index (χ4n) is 0.811. The molecule has 0 heterocycles. The van der Waals surface area contributed by atoms with E-state index in [-0.39, 0.29) is 57.1 Å². The summed E-state index contributed by atoms with van der Waals surface area (Å²) >= 11 is 0. The Kier molecular flexibility index (Phi) is 5.80. The van der Waals surface area contributed by atoms with Crippen LogP contribution in [0.1, 0.15) is 0 Å². The van der Waals surface area contributed by atoms with Gasteiger partial charge < -0.3 is 12.9 Å². The summed E-state index contributed by atoms with van der Waals surface area (Å²) in [6, 6.07) is 4.04. The zero-order valence-electron chi connectivity index (χ0n) is 7.36. The molecule has 0 atom stereocenters. The van der Waals surface area contributed by atoms with Crippen molar-refractivity contribution in [3.05, 3.63) is 34.7 Å². The van der Waals surface area contributed by atoms with E-state index < -0.39 is 12.4 Å². The Balaban J connectivity index is 0.00000169. The van der Waals surface area contributed by atoms with Crippen molar-refractivity contribution >= 4 is 18.1 Å². The van der Waals surface area contributed by atoms with Crippen LogP contribution in [0, 0.1) is 0 Å². The Bertz CT molecular complexity index is 344. The first kappa shape index (κ1) is 14.0. The predicted molar refractivity (Wildman–Crippen MR) is 44.0 cm³/mol. The SMILES string of the molecule is [K+].[N-]=[N+]=Nc1ccc([B-](F)(F)F)cc1. The summed E-state index contributed by atoms with van der Waals surface area (Å²) in [6.45, 7) is -4.97. The summed E-state index contributed by atoms with van der Waals surface area (Å²) in [6.07, 6.45) is 0. The van der Waals surface area contributed by atoms with Crippen molar-refractivity contribution in [3.63, 3.8) is 0 Å². The number of azide groups is 1. The van der Waals surface area contributed by atoms with E-state index >= 15 is 0 Å². The zero-order valence-corrected chi connectivity index (χ0v) is 10.5. The van der Waals surface area contributed by atoms with Gasteiger partial charge in [0.05, 0.1) is 0 Å². The van der Waals surface area contributed by atoms with Crippen molar-refractivity contribution in [1.29, 1.82) is 0 Å². The van der Waals surface area contributed by atoms with Crippen molar-refractivity contribution in [1.82, 2.24) is 0 Å². The second-order valence-corrected chi connectivity index (χ2v) is 2.36. The standard InChI is InChI=1S/C6H4BF3N3.K/c8-7(9,10)5-1-3-6(4-2-5)12-13-11;/h1-4H;/q-1;+1. The minimum atomic E-state index is -4.97. The van der Waals surface area contributed by atoms with E-state index in [4.69, 9.17) is 5.53 Å². The molecular weight excluding hydrogens is 221 g/mol. The fraction of sp³-hybridized carbons (Fsp3) is 0. The van der Waals surface area contributed by atoms with E-state index in [1.54, 1.807) is 0 Å². The molecule has 0 radical (unpaired) electrons. The molecule has 0 saturated carbocycles. The number of halogens is 3. The molecule has 0 aliphatic rings. The van der Waals surface area contributed by atoms with Crippen molar-refractivity contribution in [2.75, 3.05) is 0 Å². The number of hydrogen-bond acceptors (Lipinski definition) is 1. The minimum absolute atomic E-state index is 0. The molecule has 0 unspecified atom stereocenters. The number of nitrogens with zero attached hydrogens (tertiary/aromatic N) is 3. The van der Waals surface area contributed by atoms with Gasteiger partial charge in [0.2, 0.25) is 0 Å². The molecule has 1 aromatic carbocycles. The quantitative estimate of drug-likeness (QED) is 0.287. The molecular formula is C6H4BF3KN3. The summed E-state index contributed by atoms with van der Waals surface area (Å²) in [5, 5.41) is 3.15. The molecule has 0 N–H and O–H groups in total. The minimum Gasteiger partial charge on any atom is -0.445 e. The molecule has 0 aromatic heterocycles. The van der Waals surface area contributed by atoms with Gasteiger partial charge in [-0.05, 0) is 5.53 Å². The van der Waals surface area contributed by atoms with E-state index in [0.717, 1.165) is 24.3 Å². The van der Waals surface area contributed by atoms with Gasteiger partial charge in [0.25, 0.3) is 0 Å².